The van der Waals surface area contributed by atoms with E-state index in [1.165, 1.54) is 0 Å². The van der Waals surface area contributed by atoms with Crippen molar-refractivity contribution in [2.75, 3.05) is 13.2 Å². The summed E-state index contributed by atoms with van der Waals surface area (Å²) in [6.07, 6.45) is 5.46. The van der Waals surface area contributed by atoms with Crippen LogP contribution >= 0.6 is 12.2 Å². The fourth-order valence-electron chi connectivity index (χ4n) is 3.58. The predicted molar refractivity (Wildman–Crippen MR) is 112 cm³/mol. The molecule has 0 saturated carbocycles. The van der Waals surface area contributed by atoms with Gasteiger partial charge in [-0.15, -0.1) is 0 Å². The normalized spacial score (nSPS) is 18.5. The van der Waals surface area contributed by atoms with Crippen molar-refractivity contribution in [3.63, 3.8) is 0 Å². The highest BCUT2D eigenvalue weighted by Crippen LogP contribution is 2.39. The average molecular weight is 407 g/mol. The first-order valence-corrected chi connectivity index (χ1v) is 9.82. The molecule has 8 heteroatoms. The third-order valence-corrected chi connectivity index (χ3v) is 5.13. The SMILES string of the molecule is CCOC(=O)CN1C(=S)N[C@H](c2ccccn2)[C@@H]1c1cccn1-c1ccccn1. The van der Waals surface area contributed by atoms with Crippen molar-refractivity contribution in [1.29, 1.82) is 0 Å². The number of nitrogens with one attached hydrogen (secondary N) is 1. The van der Waals surface area contributed by atoms with E-state index in [4.69, 9.17) is 17.0 Å². The zero-order valence-electron chi connectivity index (χ0n) is 15.9. The van der Waals surface area contributed by atoms with Gasteiger partial charge in [0.1, 0.15) is 12.4 Å². The van der Waals surface area contributed by atoms with Gasteiger partial charge in [0.2, 0.25) is 0 Å². The van der Waals surface area contributed by atoms with Crippen molar-refractivity contribution in [3.8, 4) is 5.82 Å². The molecule has 1 aliphatic heterocycles. The van der Waals surface area contributed by atoms with Crippen LogP contribution in [0.4, 0.5) is 0 Å². The summed E-state index contributed by atoms with van der Waals surface area (Å²) in [7, 11) is 0. The van der Waals surface area contributed by atoms with Crippen LogP contribution in [0.15, 0.2) is 67.1 Å². The number of thiocarbonyl (C=S) groups is 1. The minimum Gasteiger partial charge on any atom is -0.465 e. The Morgan fingerprint density at radius 1 is 1.14 bits per heavy atom. The number of carbonyl (C=O) groups is 1. The van der Waals surface area contributed by atoms with Crippen LogP contribution < -0.4 is 5.32 Å². The van der Waals surface area contributed by atoms with Crippen LogP contribution in [0.3, 0.4) is 0 Å². The van der Waals surface area contributed by atoms with E-state index < -0.39 is 0 Å². The van der Waals surface area contributed by atoms with Crippen molar-refractivity contribution < 1.29 is 9.53 Å². The molecule has 1 N–H and O–H groups in total. The summed E-state index contributed by atoms with van der Waals surface area (Å²) in [6, 6.07) is 15.0. The summed E-state index contributed by atoms with van der Waals surface area (Å²) in [5.41, 5.74) is 1.80. The first-order chi connectivity index (χ1) is 14.2. The van der Waals surface area contributed by atoms with Gasteiger partial charge in [-0.05, 0) is 55.5 Å². The van der Waals surface area contributed by atoms with E-state index in [1.807, 2.05) is 64.2 Å². The maximum Gasteiger partial charge on any atom is 0.325 e. The van der Waals surface area contributed by atoms with Crippen LogP contribution in [0.1, 0.15) is 30.4 Å². The lowest BCUT2D eigenvalue weighted by molar-refractivity contribution is -0.143. The molecular weight excluding hydrogens is 386 g/mol. The zero-order chi connectivity index (χ0) is 20.2. The zero-order valence-corrected chi connectivity index (χ0v) is 16.7. The number of ether oxygens (including phenoxy) is 1. The second-order valence-electron chi connectivity index (χ2n) is 6.55. The summed E-state index contributed by atoms with van der Waals surface area (Å²) in [4.78, 5) is 23.1. The molecule has 148 valence electrons. The third kappa shape index (κ3) is 3.84. The number of hydrogen-bond acceptors (Lipinski definition) is 5. The molecule has 2 atom stereocenters. The van der Waals surface area contributed by atoms with Crippen LogP contribution in [0, 0.1) is 0 Å². The van der Waals surface area contributed by atoms with Crippen molar-refractivity contribution in [2.45, 2.75) is 19.0 Å². The summed E-state index contributed by atoms with van der Waals surface area (Å²) in [5, 5.41) is 3.83. The molecule has 7 nitrogen and oxygen atoms in total. The van der Waals surface area contributed by atoms with Crippen LogP contribution in [-0.4, -0.2) is 43.7 Å². The van der Waals surface area contributed by atoms with Crippen LogP contribution in [-0.2, 0) is 9.53 Å². The van der Waals surface area contributed by atoms with Gasteiger partial charge in [0.15, 0.2) is 5.11 Å². The van der Waals surface area contributed by atoms with Gasteiger partial charge in [0.25, 0.3) is 0 Å². The number of carbonyl (C=O) groups excluding carboxylic acids is 1. The molecule has 0 aromatic carbocycles. The van der Waals surface area contributed by atoms with E-state index in [0.29, 0.717) is 11.7 Å². The van der Waals surface area contributed by atoms with E-state index in [2.05, 4.69) is 15.3 Å². The Morgan fingerprint density at radius 2 is 1.93 bits per heavy atom. The standard InChI is InChI=1S/C21H21N5O2S/c1-2-28-18(27)14-26-20(19(24-21(26)29)15-8-3-5-11-22-15)16-9-7-13-25(16)17-10-4-6-12-23-17/h3-13,19-20H,2,14H2,1H3,(H,24,29)/t19-,20+/m1/s1. The Morgan fingerprint density at radius 3 is 2.62 bits per heavy atom. The maximum absolute atomic E-state index is 12.3. The highest BCUT2D eigenvalue weighted by atomic mass is 32.1. The monoisotopic (exact) mass is 407 g/mol. The number of hydrogen-bond donors (Lipinski definition) is 1. The molecule has 3 aromatic heterocycles. The first-order valence-electron chi connectivity index (χ1n) is 9.41. The van der Waals surface area contributed by atoms with Gasteiger partial charge < -0.3 is 19.5 Å². The molecule has 4 rings (SSSR count). The van der Waals surface area contributed by atoms with Crippen molar-refractivity contribution in [2.24, 2.45) is 0 Å². The Labute approximate surface area is 174 Å². The molecule has 0 amide bonds. The van der Waals surface area contributed by atoms with Gasteiger partial charge in [-0.25, -0.2) is 4.98 Å². The summed E-state index contributed by atoms with van der Waals surface area (Å²) in [5.74, 6) is 0.473. The molecule has 1 saturated heterocycles. The highest BCUT2D eigenvalue weighted by Gasteiger charge is 2.42. The van der Waals surface area contributed by atoms with Crippen LogP contribution in [0.25, 0.3) is 5.82 Å². The molecule has 0 radical (unpaired) electrons. The van der Waals surface area contributed by atoms with E-state index in [0.717, 1.165) is 17.2 Å². The van der Waals surface area contributed by atoms with E-state index >= 15 is 0 Å². The maximum atomic E-state index is 12.3. The Balaban J connectivity index is 1.77. The van der Waals surface area contributed by atoms with E-state index in [1.54, 1.807) is 19.3 Å². The second-order valence-corrected chi connectivity index (χ2v) is 6.94. The molecule has 0 spiro atoms. The largest absolute Gasteiger partial charge is 0.465 e. The summed E-state index contributed by atoms with van der Waals surface area (Å²) >= 11 is 5.59. The molecule has 0 aliphatic carbocycles. The quantitative estimate of drug-likeness (QED) is 0.498. The lowest BCUT2D eigenvalue weighted by Gasteiger charge is -2.28. The lowest BCUT2D eigenvalue weighted by atomic mass is 10.0. The Bertz CT molecular complexity index is 993. The minimum atomic E-state index is -0.320. The van der Waals surface area contributed by atoms with Gasteiger partial charge in [0, 0.05) is 24.3 Å². The summed E-state index contributed by atoms with van der Waals surface area (Å²) < 4.78 is 7.18. The Hall–Kier alpha value is -3.26. The highest BCUT2D eigenvalue weighted by molar-refractivity contribution is 7.80. The van der Waals surface area contributed by atoms with E-state index in [-0.39, 0.29) is 24.6 Å². The van der Waals surface area contributed by atoms with Crippen molar-refractivity contribution >= 4 is 23.3 Å². The number of pyridine rings is 2. The lowest BCUT2D eigenvalue weighted by Crippen LogP contribution is -2.36. The average Bonchev–Trinajstić information content (AvgIpc) is 3.34. The van der Waals surface area contributed by atoms with Crippen molar-refractivity contribution in [1.82, 2.24) is 24.8 Å². The van der Waals surface area contributed by atoms with Gasteiger partial charge >= 0.3 is 5.97 Å². The molecule has 4 heterocycles. The number of esters is 1. The molecule has 1 fully saturated rings. The molecular formula is C21H21N5O2S. The molecule has 1 aliphatic rings. The first kappa shape index (κ1) is 19.1. The van der Waals surface area contributed by atoms with Crippen LogP contribution in [0.2, 0.25) is 0 Å². The summed E-state index contributed by atoms with van der Waals surface area (Å²) in [6.45, 7) is 2.17. The Kier molecular flexibility index (Phi) is 5.53. The fourth-order valence-corrected chi connectivity index (χ4v) is 3.89. The topological polar surface area (TPSA) is 72.3 Å². The minimum absolute atomic E-state index is 0.0566. The predicted octanol–water partition coefficient (Wildman–Crippen LogP) is 2.80. The number of aromatic nitrogens is 3. The molecule has 29 heavy (non-hydrogen) atoms. The molecule has 0 unspecified atom stereocenters. The molecule has 0 bridgehead atoms. The fraction of sp³-hybridized carbons (Fsp3) is 0.238. The van der Waals surface area contributed by atoms with Gasteiger partial charge in [-0.1, -0.05) is 12.1 Å². The second kappa shape index (κ2) is 8.40. The number of nitrogens with zero attached hydrogens (tertiary/aromatic N) is 4. The van der Waals surface area contributed by atoms with Crippen LogP contribution in [0.5, 0.6) is 0 Å². The van der Waals surface area contributed by atoms with Crippen molar-refractivity contribution in [3.05, 3.63) is 78.5 Å². The van der Waals surface area contributed by atoms with Gasteiger partial charge in [-0.2, -0.15) is 0 Å². The smallest absolute Gasteiger partial charge is 0.325 e. The number of rotatable bonds is 6. The molecule has 3 aromatic rings. The van der Waals surface area contributed by atoms with E-state index in [9.17, 15) is 4.79 Å². The van der Waals surface area contributed by atoms with Gasteiger partial charge in [-0.3, -0.25) is 9.78 Å². The third-order valence-electron chi connectivity index (χ3n) is 4.78. The van der Waals surface area contributed by atoms with Gasteiger partial charge in [0.05, 0.1) is 24.4 Å².